The first-order valence-electron chi connectivity index (χ1n) is 9.80. The van der Waals surface area contributed by atoms with Crippen molar-refractivity contribution in [3.8, 4) is 0 Å². The molecule has 0 bridgehead atoms. The molecule has 31 heavy (non-hydrogen) atoms. The van der Waals surface area contributed by atoms with E-state index in [0.717, 1.165) is 23.4 Å². The smallest absolute Gasteiger partial charge is 0.378 e. The van der Waals surface area contributed by atoms with Crippen LogP contribution in [-0.4, -0.2) is 45.3 Å². The first-order valence-corrected chi connectivity index (χ1v) is 9.80. The maximum Gasteiger partial charge on any atom is 0.458 e. The second-order valence-electron chi connectivity index (χ2n) is 7.87. The van der Waals surface area contributed by atoms with Crippen molar-refractivity contribution in [1.29, 1.82) is 0 Å². The van der Waals surface area contributed by atoms with Gasteiger partial charge in [0.15, 0.2) is 0 Å². The molecule has 0 radical (unpaired) electrons. The zero-order valence-corrected chi connectivity index (χ0v) is 17.1. The second-order valence-corrected chi connectivity index (χ2v) is 7.87. The zero-order chi connectivity index (χ0) is 22.8. The second kappa shape index (κ2) is 8.82. The minimum atomic E-state index is -5.65. The number of halogens is 5. The monoisotopic (exact) mass is 441 g/mol. The van der Waals surface area contributed by atoms with Crippen molar-refractivity contribution < 1.29 is 26.7 Å². The number of nitrogens with zero attached hydrogens (tertiary/aromatic N) is 1. The molecule has 1 fully saturated rings. The number of carbonyl (C=O) groups excluding carboxylic acids is 1. The Morgan fingerprint density at radius 1 is 1.00 bits per heavy atom. The van der Waals surface area contributed by atoms with Crippen LogP contribution in [0.3, 0.4) is 0 Å². The fourth-order valence-corrected chi connectivity index (χ4v) is 3.64. The van der Waals surface area contributed by atoms with Crippen LogP contribution in [0.1, 0.15) is 22.6 Å². The third-order valence-corrected chi connectivity index (χ3v) is 5.44. The maximum absolute atomic E-state index is 13.5. The molecule has 1 heterocycles. The molecule has 1 aliphatic rings. The molecule has 2 N–H and O–H groups in total. The summed E-state index contributed by atoms with van der Waals surface area (Å²) in [5, 5.41) is 6.07. The predicted molar refractivity (Wildman–Crippen MR) is 108 cm³/mol. The van der Waals surface area contributed by atoms with Crippen LogP contribution in [0.5, 0.6) is 0 Å². The summed E-state index contributed by atoms with van der Waals surface area (Å²) in [7, 11) is 3.84. The number of anilines is 1. The number of hydrogen-bond acceptors (Lipinski definition) is 3. The number of carbonyl (C=O) groups is 1. The van der Waals surface area contributed by atoms with Gasteiger partial charge in [0.1, 0.15) is 0 Å². The van der Waals surface area contributed by atoms with Gasteiger partial charge >= 0.3 is 12.1 Å². The minimum Gasteiger partial charge on any atom is -0.378 e. The van der Waals surface area contributed by atoms with Gasteiger partial charge in [-0.3, -0.25) is 4.79 Å². The molecule has 1 aliphatic heterocycles. The van der Waals surface area contributed by atoms with Gasteiger partial charge in [0.25, 0.3) is 0 Å². The Labute approximate surface area is 177 Å². The fraction of sp³-hybridized carbons (Fsp3) is 0.409. The molecule has 2 aromatic carbocycles. The van der Waals surface area contributed by atoms with Gasteiger partial charge in [0, 0.05) is 50.4 Å². The van der Waals surface area contributed by atoms with E-state index in [-0.39, 0.29) is 24.3 Å². The zero-order valence-electron chi connectivity index (χ0n) is 17.1. The molecule has 9 heteroatoms. The Bertz CT molecular complexity index is 895. The molecule has 2 aromatic rings. The highest BCUT2D eigenvalue weighted by molar-refractivity contribution is 5.79. The van der Waals surface area contributed by atoms with Gasteiger partial charge in [-0.05, 0) is 23.3 Å². The molecule has 2 unspecified atom stereocenters. The van der Waals surface area contributed by atoms with Crippen molar-refractivity contribution >= 4 is 11.6 Å². The van der Waals surface area contributed by atoms with E-state index in [1.54, 1.807) is 0 Å². The summed E-state index contributed by atoms with van der Waals surface area (Å²) in [5.74, 6) is -5.32. The largest absolute Gasteiger partial charge is 0.458 e. The van der Waals surface area contributed by atoms with Crippen molar-refractivity contribution in [2.24, 2.45) is 0 Å². The summed E-state index contributed by atoms with van der Waals surface area (Å²) in [4.78, 5) is 14.4. The SMILES string of the molecule is CN(C)c1ccc(CC(=O)NC2CNCC2c2ccc(C(F)(F)C(F)(F)F)cc2)cc1. The Morgan fingerprint density at radius 2 is 1.61 bits per heavy atom. The molecular weight excluding hydrogens is 417 g/mol. The topological polar surface area (TPSA) is 44.4 Å². The van der Waals surface area contributed by atoms with Crippen molar-refractivity contribution in [2.45, 2.75) is 30.5 Å². The lowest BCUT2D eigenvalue weighted by molar-refractivity contribution is -0.289. The van der Waals surface area contributed by atoms with Crippen molar-refractivity contribution in [3.05, 3.63) is 65.2 Å². The van der Waals surface area contributed by atoms with Gasteiger partial charge in [-0.2, -0.15) is 22.0 Å². The van der Waals surface area contributed by atoms with E-state index in [1.807, 2.05) is 43.3 Å². The maximum atomic E-state index is 13.5. The standard InChI is InChI=1S/C22H24F5N3O/c1-30(2)17-9-3-14(4-10-17)11-20(31)29-19-13-28-12-18(19)15-5-7-16(8-6-15)21(23,24)22(25,26)27/h3-10,18-19,28H,11-13H2,1-2H3,(H,29,31). The third-order valence-electron chi connectivity index (χ3n) is 5.44. The van der Waals surface area contributed by atoms with Crippen molar-refractivity contribution in [1.82, 2.24) is 10.6 Å². The Morgan fingerprint density at radius 3 is 2.16 bits per heavy atom. The van der Waals surface area contributed by atoms with Crippen LogP contribution in [0.4, 0.5) is 27.6 Å². The third kappa shape index (κ3) is 5.15. The number of benzene rings is 2. The number of rotatable bonds is 6. The van der Waals surface area contributed by atoms with Gasteiger partial charge in [-0.1, -0.05) is 36.4 Å². The summed E-state index contributed by atoms with van der Waals surface area (Å²) in [6, 6.07) is 11.4. The van der Waals surface area contributed by atoms with Gasteiger partial charge in [0.05, 0.1) is 6.42 Å². The van der Waals surface area contributed by atoms with Crippen molar-refractivity contribution in [3.63, 3.8) is 0 Å². The number of amides is 1. The van der Waals surface area contributed by atoms with E-state index in [1.165, 1.54) is 12.1 Å². The molecule has 168 valence electrons. The van der Waals surface area contributed by atoms with Gasteiger partial charge in [0.2, 0.25) is 5.91 Å². The molecular formula is C22H24F5N3O. The lowest BCUT2D eigenvalue weighted by Crippen LogP contribution is -2.40. The normalized spacial score (nSPS) is 19.3. The molecule has 4 nitrogen and oxygen atoms in total. The highest BCUT2D eigenvalue weighted by Gasteiger charge is 2.58. The van der Waals surface area contributed by atoms with Gasteiger partial charge in [-0.15, -0.1) is 0 Å². The minimum absolute atomic E-state index is 0.184. The lowest BCUT2D eigenvalue weighted by Gasteiger charge is -2.23. The van der Waals surface area contributed by atoms with Crippen LogP contribution in [0.2, 0.25) is 0 Å². The summed E-state index contributed by atoms with van der Waals surface area (Å²) < 4.78 is 64.7. The van der Waals surface area contributed by atoms with Crippen LogP contribution in [0, 0.1) is 0 Å². The average molecular weight is 441 g/mol. The fourth-order valence-electron chi connectivity index (χ4n) is 3.64. The Balaban J connectivity index is 1.65. The Hall–Kier alpha value is -2.68. The van der Waals surface area contributed by atoms with Crippen LogP contribution in [-0.2, 0) is 17.1 Å². The van der Waals surface area contributed by atoms with E-state index >= 15 is 0 Å². The van der Waals surface area contributed by atoms with E-state index in [2.05, 4.69) is 10.6 Å². The molecule has 0 aliphatic carbocycles. The number of nitrogens with one attached hydrogen (secondary N) is 2. The summed E-state index contributed by atoms with van der Waals surface area (Å²) in [6.07, 6.45) is -5.46. The van der Waals surface area contributed by atoms with Crippen molar-refractivity contribution in [2.75, 3.05) is 32.1 Å². The molecule has 0 aromatic heterocycles. The predicted octanol–water partition coefficient (Wildman–Crippen LogP) is 3.82. The molecule has 2 atom stereocenters. The molecule has 1 saturated heterocycles. The van der Waals surface area contributed by atoms with E-state index in [4.69, 9.17) is 0 Å². The molecule has 3 rings (SSSR count). The molecule has 1 amide bonds. The van der Waals surface area contributed by atoms with E-state index < -0.39 is 17.7 Å². The first-order chi connectivity index (χ1) is 14.5. The Kier molecular flexibility index (Phi) is 6.54. The molecule has 0 spiro atoms. The number of hydrogen-bond donors (Lipinski definition) is 2. The van der Waals surface area contributed by atoms with Crippen LogP contribution < -0.4 is 15.5 Å². The number of alkyl halides is 5. The average Bonchev–Trinajstić information content (AvgIpc) is 3.15. The highest BCUT2D eigenvalue weighted by Crippen LogP contribution is 2.44. The summed E-state index contributed by atoms with van der Waals surface area (Å²) >= 11 is 0. The van der Waals surface area contributed by atoms with E-state index in [9.17, 15) is 26.7 Å². The van der Waals surface area contributed by atoms with Gasteiger partial charge < -0.3 is 15.5 Å². The summed E-state index contributed by atoms with van der Waals surface area (Å²) in [5.41, 5.74) is 1.36. The lowest BCUT2D eigenvalue weighted by atomic mass is 9.92. The quantitative estimate of drug-likeness (QED) is 0.670. The highest BCUT2D eigenvalue weighted by atomic mass is 19.4. The molecule has 0 saturated carbocycles. The van der Waals surface area contributed by atoms with Crippen LogP contribution in [0.25, 0.3) is 0 Å². The van der Waals surface area contributed by atoms with E-state index in [0.29, 0.717) is 18.7 Å². The summed E-state index contributed by atoms with van der Waals surface area (Å²) in [6.45, 7) is 0.966. The van der Waals surface area contributed by atoms with Crippen LogP contribution >= 0.6 is 0 Å². The van der Waals surface area contributed by atoms with Gasteiger partial charge in [-0.25, -0.2) is 0 Å². The van der Waals surface area contributed by atoms with Crippen LogP contribution in [0.15, 0.2) is 48.5 Å². The first kappa shape index (κ1) is 23.0.